The van der Waals surface area contributed by atoms with E-state index in [2.05, 4.69) is 9.72 Å². The van der Waals surface area contributed by atoms with Gasteiger partial charge in [-0.25, -0.2) is 9.37 Å². The van der Waals surface area contributed by atoms with Crippen LogP contribution in [0.3, 0.4) is 0 Å². The number of hydrogen-bond acceptors (Lipinski definition) is 3. The zero-order valence-electron chi connectivity index (χ0n) is 7.18. The molecule has 1 rings (SSSR count). The Balaban J connectivity index is 3.04. The third-order valence-corrected chi connectivity index (χ3v) is 1.40. The highest BCUT2D eigenvalue weighted by Crippen LogP contribution is 2.25. The molecule has 0 radical (unpaired) electrons. The van der Waals surface area contributed by atoms with Gasteiger partial charge in [0.15, 0.2) is 5.75 Å². The number of nitriles is 1. The van der Waals surface area contributed by atoms with Crippen LogP contribution in [0, 0.1) is 11.3 Å². The summed E-state index contributed by atoms with van der Waals surface area (Å²) in [6.45, 7) is -1.24. The van der Waals surface area contributed by atoms with Crippen LogP contribution < -0.4 is 4.74 Å². The van der Waals surface area contributed by atoms with Crippen molar-refractivity contribution >= 4 is 0 Å². The summed E-state index contributed by atoms with van der Waals surface area (Å²) < 4.78 is 51.2. The van der Waals surface area contributed by atoms with Crippen molar-refractivity contribution in [3.05, 3.63) is 23.5 Å². The number of aromatic nitrogens is 1. The molecular weight excluding hydrogens is 216 g/mol. The van der Waals surface area contributed by atoms with Gasteiger partial charge < -0.3 is 4.74 Å². The molecule has 0 spiro atoms. The van der Waals surface area contributed by atoms with E-state index < -0.39 is 24.5 Å². The molecular formula is C8H4F4N2O. The van der Waals surface area contributed by atoms with Gasteiger partial charge in [0.05, 0.1) is 0 Å². The Morgan fingerprint density at radius 2 is 2.07 bits per heavy atom. The zero-order valence-corrected chi connectivity index (χ0v) is 7.18. The Morgan fingerprint density at radius 1 is 1.40 bits per heavy atom. The molecule has 0 aliphatic carbocycles. The van der Waals surface area contributed by atoms with Crippen LogP contribution in [0.1, 0.15) is 11.4 Å². The van der Waals surface area contributed by atoms with Crippen molar-refractivity contribution in [2.24, 2.45) is 0 Å². The summed E-state index contributed by atoms with van der Waals surface area (Å²) in [7, 11) is 0. The summed E-state index contributed by atoms with van der Waals surface area (Å²) in [5, 5.41) is 8.38. The maximum atomic E-state index is 12.3. The first kappa shape index (κ1) is 11.2. The van der Waals surface area contributed by atoms with Crippen LogP contribution in [-0.4, -0.2) is 11.3 Å². The molecule has 1 aromatic rings. The van der Waals surface area contributed by atoms with Gasteiger partial charge >= 0.3 is 6.36 Å². The van der Waals surface area contributed by atoms with Gasteiger partial charge in [-0.15, -0.1) is 13.2 Å². The lowest BCUT2D eigenvalue weighted by molar-refractivity contribution is -0.275. The van der Waals surface area contributed by atoms with E-state index in [9.17, 15) is 17.6 Å². The number of alkyl halides is 4. The van der Waals surface area contributed by atoms with Crippen molar-refractivity contribution in [2.45, 2.75) is 13.0 Å². The number of nitrogens with zero attached hydrogens (tertiary/aromatic N) is 2. The molecule has 0 saturated heterocycles. The second kappa shape index (κ2) is 4.13. The van der Waals surface area contributed by atoms with Crippen molar-refractivity contribution in [1.82, 2.24) is 4.98 Å². The summed E-state index contributed by atoms with van der Waals surface area (Å²) in [6, 6.07) is 3.45. The summed E-state index contributed by atoms with van der Waals surface area (Å²) in [4.78, 5) is 3.33. The lowest BCUT2D eigenvalue weighted by Gasteiger charge is -2.10. The molecule has 0 aliphatic rings. The summed E-state index contributed by atoms with van der Waals surface area (Å²) >= 11 is 0. The second-order valence-electron chi connectivity index (χ2n) is 2.43. The summed E-state index contributed by atoms with van der Waals surface area (Å²) in [5.74, 6) is -0.732. The Kier molecular flexibility index (Phi) is 3.09. The van der Waals surface area contributed by atoms with E-state index in [1.165, 1.54) is 0 Å². The van der Waals surface area contributed by atoms with Crippen molar-refractivity contribution in [3.63, 3.8) is 0 Å². The van der Waals surface area contributed by atoms with Crippen LogP contribution >= 0.6 is 0 Å². The van der Waals surface area contributed by atoms with Crippen LogP contribution in [0.5, 0.6) is 5.75 Å². The minimum Gasteiger partial charge on any atom is -0.404 e. The molecule has 3 nitrogen and oxygen atoms in total. The molecule has 0 bridgehead atoms. The molecule has 0 N–H and O–H groups in total. The Labute approximate surface area is 81.9 Å². The van der Waals surface area contributed by atoms with E-state index in [0.717, 1.165) is 12.1 Å². The standard InChI is InChI=1S/C8H4F4N2O/c9-3-6-7(15-8(10,11)12)2-1-5(4-13)14-6/h1-2H,3H2. The monoisotopic (exact) mass is 220 g/mol. The largest absolute Gasteiger partial charge is 0.573 e. The lowest BCUT2D eigenvalue weighted by Crippen LogP contribution is -2.18. The highest BCUT2D eigenvalue weighted by Gasteiger charge is 2.32. The van der Waals surface area contributed by atoms with Gasteiger partial charge in [0.1, 0.15) is 24.1 Å². The van der Waals surface area contributed by atoms with Crippen LogP contribution in [-0.2, 0) is 6.67 Å². The van der Waals surface area contributed by atoms with E-state index in [4.69, 9.17) is 5.26 Å². The molecule has 15 heavy (non-hydrogen) atoms. The second-order valence-corrected chi connectivity index (χ2v) is 2.43. The van der Waals surface area contributed by atoms with Gasteiger partial charge in [-0.2, -0.15) is 5.26 Å². The van der Waals surface area contributed by atoms with Crippen molar-refractivity contribution in [3.8, 4) is 11.8 Å². The molecule has 1 aromatic heterocycles. The van der Waals surface area contributed by atoms with Gasteiger partial charge in [-0.05, 0) is 12.1 Å². The normalized spacial score (nSPS) is 10.9. The first-order valence-corrected chi connectivity index (χ1v) is 3.68. The number of hydrogen-bond donors (Lipinski definition) is 0. The molecule has 7 heteroatoms. The highest BCUT2D eigenvalue weighted by atomic mass is 19.4. The highest BCUT2D eigenvalue weighted by molar-refractivity contribution is 5.33. The number of pyridine rings is 1. The third-order valence-electron chi connectivity index (χ3n) is 1.40. The average molecular weight is 220 g/mol. The van der Waals surface area contributed by atoms with E-state index in [1.807, 2.05) is 0 Å². The first-order valence-electron chi connectivity index (χ1n) is 3.68. The fourth-order valence-corrected chi connectivity index (χ4v) is 0.864. The number of ether oxygens (including phenoxy) is 1. The lowest BCUT2D eigenvalue weighted by atomic mass is 10.3. The molecule has 0 aliphatic heterocycles. The Bertz CT molecular complexity index is 397. The molecule has 0 saturated carbocycles. The number of halogens is 4. The van der Waals surface area contributed by atoms with Gasteiger partial charge in [0.2, 0.25) is 0 Å². The van der Waals surface area contributed by atoms with Gasteiger partial charge in [-0.3, -0.25) is 0 Å². The predicted molar refractivity (Wildman–Crippen MR) is 40.4 cm³/mol. The molecule has 0 aromatic carbocycles. The van der Waals surface area contributed by atoms with E-state index in [-0.39, 0.29) is 5.69 Å². The smallest absolute Gasteiger partial charge is 0.404 e. The van der Waals surface area contributed by atoms with Crippen LogP contribution in [0.2, 0.25) is 0 Å². The maximum Gasteiger partial charge on any atom is 0.573 e. The van der Waals surface area contributed by atoms with Crippen molar-refractivity contribution in [2.75, 3.05) is 0 Å². The summed E-state index contributed by atoms with van der Waals surface area (Å²) in [5.41, 5.74) is -0.719. The van der Waals surface area contributed by atoms with Gasteiger partial charge in [-0.1, -0.05) is 0 Å². The minimum atomic E-state index is -4.90. The quantitative estimate of drug-likeness (QED) is 0.718. The third kappa shape index (κ3) is 3.09. The fraction of sp³-hybridized carbons (Fsp3) is 0.250. The zero-order chi connectivity index (χ0) is 11.5. The van der Waals surface area contributed by atoms with Gasteiger partial charge in [0.25, 0.3) is 0 Å². The average Bonchev–Trinajstić information content (AvgIpc) is 2.16. The van der Waals surface area contributed by atoms with E-state index >= 15 is 0 Å². The van der Waals surface area contributed by atoms with Crippen molar-refractivity contribution in [1.29, 1.82) is 5.26 Å². The molecule has 0 amide bonds. The first-order chi connectivity index (χ1) is 6.96. The van der Waals surface area contributed by atoms with Gasteiger partial charge in [0, 0.05) is 0 Å². The van der Waals surface area contributed by atoms with Crippen LogP contribution in [0.15, 0.2) is 12.1 Å². The van der Waals surface area contributed by atoms with Crippen molar-refractivity contribution < 1.29 is 22.3 Å². The molecule has 0 unspecified atom stereocenters. The predicted octanol–water partition coefficient (Wildman–Crippen LogP) is 2.32. The molecule has 80 valence electrons. The Morgan fingerprint density at radius 3 is 2.53 bits per heavy atom. The van der Waals surface area contributed by atoms with E-state index in [0.29, 0.717) is 0 Å². The minimum absolute atomic E-state index is 0.169. The fourth-order valence-electron chi connectivity index (χ4n) is 0.864. The molecule has 0 atom stereocenters. The SMILES string of the molecule is N#Cc1ccc(OC(F)(F)F)c(CF)n1. The molecule has 1 heterocycles. The number of rotatable bonds is 2. The van der Waals surface area contributed by atoms with Crippen LogP contribution in [0.25, 0.3) is 0 Å². The summed E-state index contributed by atoms with van der Waals surface area (Å²) in [6.07, 6.45) is -4.90. The molecule has 0 fully saturated rings. The maximum absolute atomic E-state index is 12.3. The Hall–Kier alpha value is -1.84. The van der Waals surface area contributed by atoms with E-state index in [1.54, 1.807) is 6.07 Å². The topological polar surface area (TPSA) is 45.9 Å². The van der Waals surface area contributed by atoms with Crippen LogP contribution in [0.4, 0.5) is 17.6 Å².